The molecule has 1 aromatic carbocycles. The van der Waals surface area contributed by atoms with Crippen molar-refractivity contribution in [3.8, 4) is 0 Å². The summed E-state index contributed by atoms with van der Waals surface area (Å²) in [5.74, 6) is -1.98. The molecule has 0 bridgehead atoms. The van der Waals surface area contributed by atoms with Crippen molar-refractivity contribution in [1.82, 2.24) is 15.7 Å². The van der Waals surface area contributed by atoms with E-state index in [1.54, 1.807) is 0 Å². The molecule has 2 fully saturated rings. The van der Waals surface area contributed by atoms with Crippen LogP contribution in [-0.4, -0.2) is 75.6 Å². The van der Waals surface area contributed by atoms with Crippen molar-refractivity contribution in [1.29, 1.82) is 0 Å². The number of hydrogen-bond acceptors (Lipinski definition) is 6. The SMILES string of the molecule is CNC(=O)N1CCN(c2c(F)cc(N3C[C@H](CNC(C)=O)OC3=O)cc2F)CCO1. The quantitative estimate of drug-likeness (QED) is 0.738. The van der Waals surface area contributed by atoms with Gasteiger partial charge in [-0.3, -0.25) is 14.5 Å². The molecular formula is C18H23F2N5O5. The molecule has 0 spiro atoms. The molecule has 164 valence electrons. The number of benzene rings is 1. The summed E-state index contributed by atoms with van der Waals surface area (Å²) in [6.45, 7) is 2.00. The summed E-state index contributed by atoms with van der Waals surface area (Å²) in [7, 11) is 1.45. The third-order valence-corrected chi connectivity index (χ3v) is 4.70. The van der Waals surface area contributed by atoms with Crippen molar-refractivity contribution in [3.05, 3.63) is 23.8 Å². The number of carbonyl (C=O) groups is 3. The van der Waals surface area contributed by atoms with Crippen LogP contribution < -0.4 is 20.4 Å². The highest BCUT2D eigenvalue weighted by molar-refractivity contribution is 5.90. The Kier molecular flexibility index (Phi) is 6.55. The summed E-state index contributed by atoms with van der Waals surface area (Å²) in [5.41, 5.74) is -0.245. The highest BCUT2D eigenvalue weighted by Crippen LogP contribution is 2.31. The largest absolute Gasteiger partial charge is 0.442 e. The van der Waals surface area contributed by atoms with Crippen molar-refractivity contribution >= 4 is 29.4 Å². The Balaban J connectivity index is 1.73. The molecule has 2 heterocycles. The number of halogens is 2. The van der Waals surface area contributed by atoms with E-state index in [9.17, 15) is 23.2 Å². The number of hydroxylamine groups is 2. The summed E-state index contributed by atoms with van der Waals surface area (Å²) in [6.07, 6.45) is -1.37. The summed E-state index contributed by atoms with van der Waals surface area (Å²) in [5, 5.41) is 6.06. The van der Waals surface area contributed by atoms with Crippen molar-refractivity contribution < 1.29 is 32.7 Å². The first-order valence-electron chi connectivity index (χ1n) is 9.39. The number of nitrogens with one attached hydrogen (secondary N) is 2. The lowest BCUT2D eigenvalue weighted by Gasteiger charge is -2.24. The fourth-order valence-electron chi connectivity index (χ4n) is 3.26. The third-order valence-electron chi connectivity index (χ3n) is 4.70. The van der Waals surface area contributed by atoms with E-state index < -0.39 is 29.9 Å². The topological polar surface area (TPSA) is 103 Å². The van der Waals surface area contributed by atoms with Crippen LogP contribution in [0.3, 0.4) is 0 Å². The van der Waals surface area contributed by atoms with E-state index >= 15 is 0 Å². The Morgan fingerprint density at radius 1 is 1.20 bits per heavy atom. The molecule has 12 heteroatoms. The smallest absolute Gasteiger partial charge is 0.414 e. The maximum Gasteiger partial charge on any atom is 0.414 e. The maximum atomic E-state index is 14.8. The molecule has 2 aliphatic heterocycles. The van der Waals surface area contributed by atoms with Crippen LogP contribution in [0.5, 0.6) is 0 Å². The second kappa shape index (κ2) is 9.11. The Hall–Kier alpha value is -3.15. The molecule has 0 radical (unpaired) electrons. The minimum atomic E-state index is -0.850. The molecule has 4 amide bonds. The van der Waals surface area contributed by atoms with Crippen LogP contribution in [0.1, 0.15) is 6.92 Å². The molecule has 2 saturated heterocycles. The van der Waals surface area contributed by atoms with E-state index in [4.69, 9.17) is 9.57 Å². The van der Waals surface area contributed by atoms with Crippen molar-refractivity contribution in [2.24, 2.45) is 0 Å². The van der Waals surface area contributed by atoms with E-state index in [0.29, 0.717) is 0 Å². The van der Waals surface area contributed by atoms with Gasteiger partial charge in [0.25, 0.3) is 0 Å². The summed E-state index contributed by atoms with van der Waals surface area (Å²) in [4.78, 5) is 42.6. The first-order chi connectivity index (χ1) is 14.3. The first-order valence-corrected chi connectivity index (χ1v) is 9.39. The van der Waals surface area contributed by atoms with Gasteiger partial charge in [-0.2, -0.15) is 0 Å². The zero-order valence-electron chi connectivity index (χ0n) is 16.6. The van der Waals surface area contributed by atoms with E-state index in [1.165, 1.54) is 18.9 Å². The fraction of sp³-hybridized carbons (Fsp3) is 0.500. The van der Waals surface area contributed by atoms with Gasteiger partial charge in [-0.05, 0) is 0 Å². The van der Waals surface area contributed by atoms with Crippen LogP contribution in [0.4, 0.5) is 29.7 Å². The van der Waals surface area contributed by atoms with Crippen molar-refractivity contribution in [2.75, 3.05) is 56.2 Å². The van der Waals surface area contributed by atoms with Gasteiger partial charge >= 0.3 is 12.1 Å². The first kappa shape index (κ1) is 21.6. The average molecular weight is 427 g/mol. The highest BCUT2D eigenvalue weighted by Gasteiger charge is 2.34. The van der Waals surface area contributed by atoms with Crippen molar-refractivity contribution in [2.45, 2.75) is 13.0 Å². The van der Waals surface area contributed by atoms with Crippen LogP contribution in [-0.2, 0) is 14.4 Å². The molecule has 0 aliphatic carbocycles. The van der Waals surface area contributed by atoms with Gasteiger partial charge in [0, 0.05) is 39.2 Å². The lowest BCUT2D eigenvalue weighted by Crippen LogP contribution is -2.39. The maximum absolute atomic E-state index is 14.8. The molecule has 10 nitrogen and oxygen atoms in total. The Labute approximate surface area is 171 Å². The van der Waals surface area contributed by atoms with Gasteiger partial charge in [0.15, 0.2) is 11.6 Å². The number of carbonyl (C=O) groups excluding carboxylic acids is 3. The molecule has 2 aliphatic rings. The fourth-order valence-corrected chi connectivity index (χ4v) is 3.26. The number of anilines is 2. The second-order valence-electron chi connectivity index (χ2n) is 6.79. The number of amides is 4. The van der Waals surface area contributed by atoms with Crippen LogP contribution in [0.2, 0.25) is 0 Å². The van der Waals surface area contributed by atoms with E-state index in [0.717, 1.165) is 22.1 Å². The van der Waals surface area contributed by atoms with Gasteiger partial charge in [-0.25, -0.2) is 23.4 Å². The van der Waals surface area contributed by atoms with E-state index in [1.807, 2.05) is 0 Å². The molecule has 2 N–H and O–H groups in total. The number of hydrogen-bond donors (Lipinski definition) is 2. The number of ether oxygens (including phenoxy) is 1. The number of cyclic esters (lactones) is 1. The van der Waals surface area contributed by atoms with Crippen LogP contribution in [0.15, 0.2) is 12.1 Å². The number of nitrogens with zero attached hydrogens (tertiary/aromatic N) is 3. The Bertz CT molecular complexity index is 816. The van der Waals surface area contributed by atoms with E-state index in [-0.39, 0.29) is 56.6 Å². The highest BCUT2D eigenvalue weighted by atomic mass is 19.1. The van der Waals surface area contributed by atoms with Gasteiger partial charge in [0.1, 0.15) is 11.8 Å². The number of rotatable bonds is 4. The molecule has 0 saturated carbocycles. The van der Waals surface area contributed by atoms with Gasteiger partial charge < -0.3 is 20.3 Å². The Morgan fingerprint density at radius 2 is 1.90 bits per heavy atom. The predicted octanol–water partition coefficient (Wildman–Crippen LogP) is 0.819. The van der Waals surface area contributed by atoms with Crippen molar-refractivity contribution in [3.63, 3.8) is 0 Å². The zero-order chi connectivity index (χ0) is 21.8. The predicted molar refractivity (Wildman–Crippen MR) is 102 cm³/mol. The number of urea groups is 1. The van der Waals surface area contributed by atoms with E-state index in [2.05, 4.69) is 10.6 Å². The van der Waals surface area contributed by atoms with Gasteiger partial charge in [0.05, 0.1) is 31.9 Å². The normalized spacial score (nSPS) is 19.4. The average Bonchev–Trinajstić information content (AvgIpc) is 2.90. The van der Waals surface area contributed by atoms with Gasteiger partial charge in [-0.1, -0.05) is 0 Å². The van der Waals surface area contributed by atoms with Crippen LogP contribution in [0, 0.1) is 11.6 Å². The molecule has 0 unspecified atom stereocenters. The molecular weight excluding hydrogens is 404 g/mol. The Morgan fingerprint density at radius 3 is 2.53 bits per heavy atom. The molecule has 30 heavy (non-hydrogen) atoms. The monoisotopic (exact) mass is 427 g/mol. The summed E-state index contributed by atoms with van der Waals surface area (Å²) >= 11 is 0. The summed E-state index contributed by atoms with van der Waals surface area (Å²) < 4.78 is 34.8. The van der Waals surface area contributed by atoms with Gasteiger partial charge in [0.2, 0.25) is 5.91 Å². The molecule has 1 atom stereocenters. The standard InChI is InChI=1S/C18H23F2N5O5/c1-11(26)22-9-13-10-24(18(28)30-13)12-7-14(19)16(15(20)8-12)23-3-4-25(17(27)21-2)29-6-5-23/h7-8,13H,3-6,9-10H2,1-2H3,(H,21,27)(H,22,26)/t13-/m0/s1. The molecule has 0 aromatic heterocycles. The zero-order valence-corrected chi connectivity index (χ0v) is 16.6. The van der Waals surface area contributed by atoms with Gasteiger partial charge in [-0.15, -0.1) is 0 Å². The lowest BCUT2D eigenvalue weighted by atomic mass is 10.2. The minimum Gasteiger partial charge on any atom is -0.442 e. The minimum absolute atomic E-state index is 0.0159. The van der Waals surface area contributed by atoms with Crippen LogP contribution >= 0.6 is 0 Å². The second-order valence-corrected chi connectivity index (χ2v) is 6.79. The molecule has 1 aromatic rings. The van der Waals surface area contributed by atoms with Crippen LogP contribution in [0.25, 0.3) is 0 Å². The lowest BCUT2D eigenvalue weighted by molar-refractivity contribution is -0.119. The third kappa shape index (κ3) is 4.70. The molecule has 3 rings (SSSR count). The summed E-state index contributed by atoms with van der Waals surface area (Å²) in [6, 6.07) is 1.67.